The van der Waals surface area contributed by atoms with E-state index in [1.165, 1.54) is 48.5 Å². The highest BCUT2D eigenvalue weighted by atomic mass is 19.2. The molecule has 7 nitrogen and oxygen atoms in total. The quantitative estimate of drug-likeness (QED) is 0.111. The molecule has 0 heterocycles. The van der Waals surface area contributed by atoms with Gasteiger partial charge in [-0.15, -0.1) is 0 Å². The van der Waals surface area contributed by atoms with Gasteiger partial charge in [0.2, 0.25) is 17.4 Å². The van der Waals surface area contributed by atoms with Crippen LogP contribution in [0.25, 0.3) is 11.1 Å². The van der Waals surface area contributed by atoms with Gasteiger partial charge in [0.15, 0.2) is 11.6 Å². The number of ether oxygens (including phenoxy) is 3. The lowest BCUT2D eigenvalue weighted by atomic mass is 10.0. The highest BCUT2D eigenvalue weighted by Gasteiger charge is 2.28. The molecule has 5 aromatic rings. The van der Waals surface area contributed by atoms with Crippen molar-refractivity contribution in [3.05, 3.63) is 131 Å². The third-order valence-corrected chi connectivity index (χ3v) is 6.84. The Morgan fingerprint density at radius 2 is 0.915 bits per heavy atom. The summed E-state index contributed by atoms with van der Waals surface area (Å²) in [6.45, 7) is 4.69. The van der Waals surface area contributed by atoms with Gasteiger partial charge in [0.05, 0.1) is 18.8 Å². The van der Waals surface area contributed by atoms with Crippen molar-refractivity contribution in [2.75, 3.05) is 23.8 Å². The average molecular weight is 645 g/mol. The Morgan fingerprint density at radius 1 is 0.532 bits per heavy atom. The zero-order valence-corrected chi connectivity index (χ0v) is 25.2. The van der Waals surface area contributed by atoms with E-state index in [1.807, 2.05) is 13.8 Å². The second-order valence-electron chi connectivity index (χ2n) is 9.99. The van der Waals surface area contributed by atoms with Crippen LogP contribution in [0.5, 0.6) is 23.0 Å². The second-order valence-corrected chi connectivity index (χ2v) is 9.99. The molecule has 0 spiro atoms. The van der Waals surface area contributed by atoms with E-state index in [4.69, 9.17) is 14.2 Å². The lowest BCUT2D eigenvalue weighted by Gasteiger charge is -2.14. The molecule has 0 bridgehead atoms. The maximum Gasteiger partial charge on any atom is 0.255 e. The molecule has 5 rings (SSSR count). The number of nitrogens with one attached hydrogen (secondary N) is 2. The third kappa shape index (κ3) is 7.52. The lowest BCUT2D eigenvalue weighted by molar-refractivity contribution is 0.101. The molecule has 0 atom stereocenters. The SMILES string of the molecule is CCOc1ccc(NC(=O)c2ccc(Oc3c(F)c(F)c(-c4ccc(C(=O)Nc5ccc(OCC)cc5)cc4)c(F)c3F)cc2)cc1. The van der Waals surface area contributed by atoms with Crippen LogP contribution >= 0.6 is 0 Å². The Hall–Kier alpha value is -5.84. The molecule has 240 valence electrons. The minimum Gasteiger partial charge on any atom is -0.494 e. The second kappa shape index (κ2) is 14.5. The molecular formula is C36H28F4N2O5. The molecule has 0 fully saturated rings. The van der Waals surface area contributed by atoms with E-state index >= 15 is 17.6 Å². The first-order valence-electron chi connectivity index (χ1n) is 14.5. The Bertz CT molecular complexity index is 1850. The van der Waals surface area contributed by atoms with Crippen LogP contribution in [0, 0.1) is 23.3 Å². The van der Waals surface area contributed by atoms with Gasteiger partial charge in [-0.3, -0.25) is 9.59 Å². The van der Waals surface area contributed by atoms with Crippen LogP contribution in [0.1, 0.15) is 34.6 Å². The predicted octanol–water partition coefficient (Wildman–Crippen LogP) is 9.00. The number of amides is 2. The first kappa shape index (κ1) is 32.6. The van der Waals surface area contributed by atoms with E-state index in [0.29, 0.717) is 36.1 Å². The fourth-order valence-corrected chi connectivity index (χ4v) is 4.54. The monoisotopic (exact) mass is 644 g/mol. The summed E-state index contributed by atoms with van der Waals surface area (Å²) in [4.78, 5) is 25.3. The van der Waals surface area contributed by atoms with Crippen molar-refractivity contribution in [3.63, 3.8) is 0 Å². The van der Waals surface area contributed by atoms with Crippen LogP contribution < -0.4 is 24.8 Å². The Kier molecular flexibility index (Phi) is 10.0. The summed E-state index contributed by atoms with van der Waals surface area (Å²) in [5.41, 5.74) is 0.159. The Labute approximate surface area is 267 Å². The van der Waals surface area contributed by atoms with Gasteiger partial charge in [-0.05, 0) is 104 Å². The summed E-state index contributed by atoms with van der Waals surface area (Å²) in [6, 6.07) is 23.4. The van der Waals surface area contributed by atoms with E-state index in [0.717, 1.165) is 0 Å². The molecule has 0 saturated carbocycles. The highest BCUT2D eigenvalue weighted by molar-refractivity contribution is 6.05. The maximum atomic E-state index is 15.2. The number of carbonyl (C=O) groups excluding carboxylic acids is 2. The molecule has 2 amide bonds. The first-order chi connectivity index (χ1) is 22.7. The van der Waals surface area contributed by atoms with Crippen LogP contribution in [0.3, 0.4) is 0 Å². The standard InChI is InChI=1S/C36H28F4N2O5/c1-3-45-26-17-11-24(12-18-26)41-35(43)22-7-5-21(6-8-22)29-30(37)32(39)34(33(40)31(29)38)47-28-15-9-23(10-16-28)36(44)42-25-13-19-27(20-14-25)46-4-2/h5-20H,3-4H2,1-2H3,(H,41,43)(H,42,44). The van der Waals surface area contributed by atoms with Crippen LogP contribution in [-0.2, 0) is 0 Å². The molecule has 0 aromatic heterocycles. The summed E-state index contributed by atoms with van der Waals surface area (Å²) in [7, 11) is 0. The van der Waals surface area contributed by atoms with E-state index in [-0.39, 0.29) is 22.4 Å². The number of halogens is 4. The van der Waals surface area contributed by atoms with Crippen LogP contribution in [0.2, 0.25) is 0 Å². The molecule has 0 unspecified atom stereocenters. The van der Waals surface area contributed by atoms with Gasteiger partial charge in [0, 0.05) is 22.5 Å². The topological polar surface area (TPSA) is 85.9 Å². The summed E-state index contributed by atoms with van der Waals surface area (Å²) in [5.74, 6) is -8.05. The summed E-state index contributed by atoms with van der Waals surface area (Å²) < 4.78 is 76.4. The van der Waals surface area contributed by atoms with Crippen molar-refractivity contribution < 1.29 is 41.4 Å². The van der Waals surface area contributed by atoms with Crippen molar-refractivity contribution in [2.45, 2.75) is 13.8 Å². The fraction of sp³-hybridized carbons (Fsp3) is 0.111. The van der Waals surface area contributed by atoms with Crippen LogP contribution in [0.4, 0.5) is 28.9 Å². The zero-order chi connectivity index (χ0) is 33.5. The van der Waals surface area contributed by atoms with Gasteiger partial charge in [-0.1, -0.05) is 12.1 Å². The predicted molar refractivity (Wildman–Crippen MR) is 169 cm³/mol. The number of carbonyl (C=O) groups is 2. The molecule has 0 aliphatic heterocycles. The summed E-state index contributed by atoms with van der Waals surface area (Å²) in [6.07, 6.45) is 0. The average Bonchev–Trinajstić information content (AvgIpc) is 3.08. The Morgan fingerprint density at radius 3 is 1.32 bits per heavy atom. The van der Waals surface area contributed by atoms with Gasteiger partial charge in [-0.2, -0.15) is 8.78 Å². The number of anilines is 2. The van der Waals surface area contributed by atoms with Crippen molar-refractivity contribution in [3.8, 4) is 34.1 Å². The normalized spacial score (nSPS) is 10.7. The van der Waals surface area contributed by atoms with Gasteiger partial charge in [0.1, 0.15) is 17.2 Å². The maximum absolute atomic E-state index is 15.2. The third-order valence-electron chi connectivity index (χ3n) is 6.84. The molecule has 0 radical (unpaired) electrons. The summed E-state index contributed by atoms with van der Waals surface area (Å²) in [5, 5.41) is 5.38. The van der Waals surface area contributed by atoms with Gasteiger partial charge in [-0.25, -0.2) is 8.78 Å². The molecule has 0 aliphatic carbocycles. The van der Waals surface area contributed by atoms with Crippen LogP contribution in [-0.4, -0.2) is 25.0 Å². The van der Waals surface area contributed by atoms with Crippen molar-refractivity contribution in [2.24, 2.45) is 0 Å². The van der Waals surface area contributed by atoms with E-state index in [9.17, 15) is 9.59 Å². The number of benzene rings is 5. The first-order valence-corrected chi connectivity index (χ1v) is 14.5. The summed E-state index contributed by atoms with van der Waals surface area (Å²) >= 11 is 0. The van der Waals surface area contributed by atoms with Gasteiger partial charge in [0.25, 0.3) is 11.8 Å². The minimum absolute atomic E-state index is 0.140. The van der Waals surface area contributed by atoms with Gasteiger partial charge < -0.3 is 24.8 Å². The lowest BCUT2D eigenvalue weighted by Crippen LogP contribution is -2.12. The molecule has 47 heavy (non-hydrogen) atoms. The van der Waals surface area contributed by atoms with Crippen LogP contribution in [0.15, 0.2) is 97.1 Å². The molecular weight excluding hydrogens is 616 g/mol. The zero-order valence-electron chi connectivity index (χ0n) is 25.2. The van der Waals surface area contributed by atoms with Crippen molar-refractivity contribution in [1.82, 2.24) is 0 Å². The van der Waals surface area contributed by atoms with Crippen molar-refractivity contribution in [1.29, 1.82) is 0 Å². The fourth-order valence-electron chi connectivity index (χ4n) is 4.54. The minimum atomic E-state index is -1.76. The molecule has 11 heteroatoms. The van der Waals surface area contributed by atoms with Gasteiger partial charge >= 0.3 is 0 Å². The molecule has 5 aromatic carbocycles. The smallest absolute Gasteiger partial charge is 0.255 e. The molecule has 2 N–H and O–H groups in total. The number of rotatable bonds is 11. The largest absolute Gasteiger partial charge is 0.494 e. The number of hydrogen-bond donors (Lipinski definition) is 2. The molecule has 0 aliphatic rings. The highest BCUT2D eigenvalue weighted by Crippen LogP contribution is 2.38. The Balaban J connectivity index is 1.28. The number of hydrogen-bond acceptors (Lipinski definition) is 5. The van der Waals surface area contributed by atoms with Crippen molar-refractivity contribution >= 4 is 23.2 Å². The van der Waals surface area contributed by atoms with E-state index < -0.39 is 46.4 Å². The van der Waals surface area contributed by atoms with E-state index in [1.54, 1.807) is 48.5 Å². The van der Waals surface area contributed by atoms with E-state index in [2.05, 4.69) is 10.6 Å². The molecule has 0 saturated heterocycles.